The molecular weight excluding hydrogens is 250 g/mol. The fourth-order valence-electron chi connectivity index (χ4n) is 2.35. The van der Waals surface area contributed by atoms with Gasteiger partial charge in [-0.15, -0.1) is 0 Å². The molecule has 106 valence electrons. The second-order valence-corrected chi connectivity index (χ2v) is 5.83. The molecule has 0 amide bonds. The Kier molecular flexibility index (Phi) is 4.09. The highest BCUT2D eigenvalue weighted by atomic mass is 16.5. The topological polar surface area (TPSA) is 42.4 Å². The summed E-state index contributed by atoms with van der Waals surface area (Å²) in [5.41, 5.74) is 2.49. The van der Waals surface area contributed by atoms with Crippen LogP contribution in [-0.4, -0.2) is 17.2 Å². The molecule has 20 heavy (non-hydrogen) atoms. The molecule has 0 aliphatic rings. The minimum absolute atomic E-state index is 0.0421. The molecule has 2 aromatic rings. The molecular formula is C17H21NO2. The third-order valence-corrected chi connectivity index (χ3v) is 3.34. The van der Waals surface area contributed by atoms with Crippen molar-refractivity contribution in [1.82, 2.24) is 4.98 Å². The Bertz CT molecular complexity index is 588. The summed E-state index contributed by atoms with van der Waals surface area (Å²) in [7, 11) is 1.59. The SMILES string of the molecule is COc1cccnc1C(O)c1ccccc1C(C)(C)C. The fourth-order valence-corrected chi connectivity index (χ4v) is 2.35. The van der Waals surface area contributed by atoms with Crippen molar-refractivity contribution in [3.63, 3.8) is 0 Å². The van der Waals surface area contributed by atoms with Gasteiger partial charge in [0, 0.05) is 6.20 Å². The van der Waals surface area contributed by atoms with Crippen LogP contribution >= 0.6 is 0 Å². The zero-order valence-corrected chi connectivity index (χ0v) is 12.4. The molecule has 0 aliphatic carbocycles. The van der Waals surface area contributed by atoms with E-state index in [0.29, 0.717) is 11.4 Å². The summed E-state index contributed by atoms with van der Waals surface area (Å²) in [6.45, 7) is 6.40. The maximum atomic E-state index is 10.7. The number of aliphatic hydroxyl groups is 1. The minimum atomic E-state index is -0.790. The van der Waals surface area contributed by atoms with Gasteiger partial charge in [0.25, 0.3) is 0 Å². The first-order chi connectivity index (χ1) is 9.45. The number of hydrogen-bond acceptors (Lipinski definition) is 3. The first-order valence-electron chi connectivity index (χ1n) is 6.71. The molecule has 0 saturated heterocycles. The zero-order valence-electron chi connectivity index (χ0n) is 12.4. The predicted molar refractivity (Wildman–Crippen MR) is 80.0 cm³/mol. The van der Waals surface area contributed by atoms with E-state index in [9.17, 15) is 5.11 Å². The molecule has 2 rings (SSSR count). The summed E-state index contributed by atoms with van der Waals surface area (Å²) in [4.78, 5) is 4.27. The lowest BCUT2D eigenvalue weighted by molar-refractivity contribution is 0.206. The number of aliphatic hydroxyl groups excluding tert-OH is 1. The zero-order chi connectivity index (χ0) is 14.8. The molecule has 0 radical (unpaired) electrons. The van der Waals surface area contributed by atoms with Gasteiger partial charge in [-0.25, -0.2) is 0 Å². The standard InChI is InChI=1S/C17H21NO2/c1-17(2,3)13-9-6-5-8-12(13)16(19)15-14(20-4)10-7-11-18-15/h5-11,16,19H,1-4H3. The van der Waals surface area contributed by atoms with Crippen LogP contribution in [0.5, 0.6) is 5.75 Å². The average Bonchev–Trinajstić information content (AvgIpc) is 2.45. The van der Waals surface area contributed by atoms with Gasteiger partial charge in [0.15, 0.2) is 0 Å². The highest BCUT2D eigenvalue weighted by Crippen LogP contribution is 2.34. The molecule has 3 heteroatoms. The summed E-state index contributed by atoms with van der Waals surface area (Å²) in [6.07, 6.45) is 0.877. The van der Waals surface area contributed by atoms with Gasteiger partial charge in [0.1, 0.15) is 17.5 Å². The lowest BCUT2D eigenvalue weighted by Gasteiger charge is -2.25. The van der Waals surface area contributed by atoms with Gasteiger partial charge in [-0.3, -0.25) is 4.98 Å². The maximum Gasteiger partial charge on any atom is 0.143 e. The van der Waals surface area contributed by atoms with E-state index in [1.54, 1.807) is 19.4 Å². The number of aromatic nitrogens is 1. The molecule has 1 atom stereocenters. The van der Waals surface area contributed by atoms with Gasteiger partial charge in [0.05, 0.1) is 7.11 Å². The first-order valence-corrected chi connectivity index (χ1v) is 6.71. The quantitative estimate of drug-likeness (QED) is 0.929. The Labute approximate surface area is 120 Å². The molecule has 1 aromatic heterocycles. The van der Waals surface area contributed by atoms with Crippen molar-refractivity contribution in [1.29, 1.82) is 0 Å². The first kappa shape index (κ1) is 14.5. The molecule has 1 N–H and O–H groups in total. The monoisotopic (exact) mass is 271 g/mol. The minimum Gasteiger partial charge on any atom is -0.495 e. The largest absolute Gasteiger partial charge is 0.495 e. The van der Waals surface area contributed by atoms with Crippen molar-refractivity contribution in [2.45, 2.75) is 32.3 Å². The van der Waals surface area contributed by atoms with Crippen molar-refractivity contribution in [2.75, 3.05) is 7.11 Å². The van der Waals surface area contributed by atoms with Gasteiger partial charge in [-0.2, -0.15) is 0 Å². The van der Waals surface area contributed by atoms with Crippen LogP contribution in [0.4, 0.5) is 0 Å². The van der Waals surface area contributed by atoms with Crippen LogP contribution in [0.15, 0.2) is 42.6 Å². The van der Waals surface area contributed by atoms with Crippen LogP contribution in [0.25, 0.3) is 0 Å². The highest BCUT2D eigenvalue weighted by Gasteiger charge is 2.24. The number of nitrogens with zero attached hydrogens (tertiary/aromatic N) is 1. The number of rotatable bonds is 3. The Morgan fingerprint density at radius 1 is 1.10 bits per heavy atom. The maximum absolute atomic E-state index is 10.7. The number of methoxy groups -OCH3 is 1. The molecule has 1 unspecified atom stereocenters. The van der Waals surface area contributed by atoms with Gasteiger partial charge in [-0.1, -0.05) is 45.0 Å². The van der Waals surface area contributed by atoms with E-state index in [1.807, 2.05) is 30.3 Å². The molecule has 1 heterocycles. The van der Waals surface area contributed by atoms with E-state index in [-0.39, 0.29) is 5.41 Å². The smallest absolute Gasteiger partial charge is 0.143 e. The summed E-state index contributed by atoms with van der Waals surface area (Å²) in [5.74, 6) is 0.601. The van der Waals surface area contributed by atoms with Crippen molar-refractivity contribution in [3.8, 4) is 5.75 Å². The van der Waals surface area contributed by atoms with Crippen LogP contribution in [0, 0.1) is 0 Å². The van der Waals surface area contributed by atoms with Gasteiger partial charge < -0.3 is 9.84 Å². The molecule has 3 nitrogen and oxygen atoms in total. The number of ether oxygens (including phenoxy) is 1. The lowest BCUT2D eigenvalue weighted by atomic mass is 9.82. The summed E-state index contributed by atoms with van der Waals surface area (Å²) in [6, 6.07) is 11.5. The third kappa shape index (κ3) is 2.83. The Hall–Kier alpha value is -1.87. The summed E-state index contributed by atoms with van der Waals surface area (Å²) in [5, 5.41) is 10.7. The van der Waals surface area contributed by atoms with Gasteiger partial charge in [-0.05, 0) is 28.7 Å². The van der Waals surface area contributed by atoms with Gasteiger partial charge in [0.2, 0.25) is 0 Å². The summed E-state index contributed by atoms with van der Waals surface area (Å²) >= 11 is 0. The van der Waals surface area contributed by atoms with Crippen LogP contribution in [0.2, 0.25) is 0 Å². The Morgan fingerprint density at radius 2 is 1.80 bits per heavy atom. The average molecular weight is 271 g/mol. The van der Waals surface area contributed by atoms with E-state index >= 15 is 0 Å². The van der Waals surface area contributed by atoms with Crippen LogP contribution in [0.1, 0.15) is 43.7 Å². The molecule has 1 aromatic carbocycles. The fraction of sp³-hybridized carbons (Fsp3) is 0.353. The second-order valence-electron chi connectivity index (χ2n) is 5.83. The summed E-state index contributed by atoms with van der Waals surface area (Å²) < 4.78 is 5.29. The number of hydrogen-bond donors (Lipinski definition) is 1. The van der Waals surface area contributed by atoms with Crippen molar-refractivity contribution < 1.29 is 9.84 Å². The normalized spacial score (nSPS) is 13.1. The van der Waals surface area contributed by atoms with Crippen LogP contribution in [-0.2, 0) is 5.41 Å². The van der Waals surface area contributed by atoms with E-state index in [4.69, 9.17) is 4.74 Å². The van der Waals surface area contributed by atoms with E-state index in [0.717, 1.165) is 11.1 Å². The van der Waals surface area contributed by atoms with E-state index in [1.165, 1.54) is 0 Å². The Balaban J connectivity index is 2.52. The second kappa shape index (κ2) is 5.63. The van der Waals surface area contributed by atoms with Crippen LogP contribution in [0.3, 0.4) is 0 Å². The van der Waals surface area contributed by atoms with Crippen molar-refractivity contribution in [2.24, 2.45) is 0 Å². The molecule has 0 fully saturated rings. The van der Waals surface area contributed by atoms with Crippen molar-refractivity contribution >= 4 is 0 Å². The van der Waals surface area contributed by atoms with E-state index in [2.05, 4.69) is 25.8 Å². The van der Waals surface area contributed by atoms with E-state index < -0.39 is 6.10 Å². The molecule has 0 aliphatic heterocycles. The number of benzene rings is 1. The Morgan fingerprint density at radius 3 is 2.45 bits per heavy atom. The molecule has 0 bridgehead atoms. The highest BCUT2D eigenvalue weighted by molar-refractivity contribution is 5.41. The lowest BCUT2D eigenvalue weighted by Crippen LogP contribution is -2.17. The number of pyridine rings is 1. The molecule has 0 saturated carbocycles. The predicted octanol–water partition coefficient (Wildman–Crippen LogP) is 3.47. The molecule has 0 spiro atoms. The van der Waals surface area contributed by atoms with Gasteiger partial charge >= 0.3 is 0 Å². The third-order valence-electron chi connectivity index (χ3n) is 3.34. The van der Waals surface area contributed by atoms with Crippen LogP contribution < -0.4 is 4.74 Å². The van der Waals surface area contributed by atoms with Crippen molar-refractivity contribution in [3.05, 3.63) is 59.4 Å².